The number of urea groups is 1. The van der Waals surface area contributed by atoms with Crippen molar-refractivity contribution >= 4 is 35.3 Å². The maximum absolute atomic E-state index is 12.6. The molecule has 0 saturated carbocycles. The van der Waals surface area contributed by atoms with Gasteiger partial charge in [0.1, 0.15) is 23.8 Å². The van der Waals surface area contributed by atoms with E-state index >= 15 is 0 Å². The van der Waals surface area contributed by atoms with Crippen LogP contribution in [0.1, 0.15) is 11.3 Å². The summed E-state index contributed by atoms with van der Waals surface area (Å²) in [5, 5.41) is 16.0. The van der Waals surface area contributed by atoms with E-state index in [1.165, 1.54) is 24.3 Å². The molecule has 0 bridgehead atoms. The van der Waals surface area contributed by atoms with Crippen LogP contribution in [0.5, 0.6) is 0 Å². The number of nitro groups is 1. The lowest BCUT2D eigenvalue weighted by Gasteiger charge is -2.12. The zero-order chi connectivity index (χ0) is 23.5. The molecule has 1 aromatic heterocycles. The molecule has 1 saturated heterocycles. The third-order valence-electron chi connectivity index (χ3n) is 4.82. The third kappa shape index (κ3) is 4.79. The fourth-order valence-electron chi connectivity index (χ4n) is 3.28. The van der Waals surface area contributed by atoms with E-state index in [1.54, 1.807) is 36.4 Å². The molecule has 166 valence electrons. The van der Waals surface area contributed by atoms with Gasteiger partial charge in [-0.1, -0.05) is 24.3 Å². The van der Waals surface area contributed by atoms with Gasteiger partial charge < -0.3 is 15.1 Å². The maximum atomic E-state index is 12.6. The normalized spacial score (nSPS) is 14.5. The number of nitrogens with zero attached hydrogens (tertiary/aromatic N) is 2. The van der Waals surface area contributed by atoms with Crippen LogP contribution in [-0.2, 0) is 9.59 Å². The van der Waals surface area contributed by atoms with Crippen molar-refractivity contribution in [2.45, 2.75) is 6.92 Å². The number of hydrogen-bond acceptors (Lipinski definition) is 6. The van der Waals surface area contributed by atoms with Gasteiger partial charge in [0, 0.05) is 29.5 Å². The van der Waals surface area contributed by atoms with Crippen molar-refractivity contribution in [2.75, 3.05) is 11.9 Å². The molecule has 2 heterocycles. The Morgan fingerprint density at radius 2 is 1.94 bits per heavy atom. The van der Waals surface area contributed by atoms with Crippen LogP contribution in [0.15, 0.2) is 70.8 Å². The number of anilines is 1. The Hall–Kier alpha value is -4.73. The minimum atomic E-state index is -0.726. The Labute approximate surface area is 187 Å². The number of hydrogen-bond donors (Lipinski definition) is 2. The van der Waals surface area contributed by atoms with Crippen LogP contribution in [0.25, 0.3) is 17.4 Å². The van der Waals surface area contributed by atoms with Gasteiger partial charge in [0.2, 0.25) is 5.91 Å². The predicted molar refractivity (Wildman–Crippen MR) is 119 cm³/mol. The highest BCUT2D eigenvalue weighted by atomic mass is 16.6. The highest BCUT2D eigenvalue weighted by Crippen LogP contribution is 2.27. The second-order valence-electron chi connectivity index (χ2n) is 7.31. The summed E-state index contributed by atoms with van der Waals surface area (Å²) >= 11 is 0. The number of benzene rings is 2. The summed E-state index contributed by atoms with van der Waals surface area (Å²) in [4.78, 5) is 48.4. The first kappa shape index (κ1) is 21.5. The van der Waals surface area contributed by atoms with Crippen LogP contribution in [0.3, 0.4) is 0 Å². The van der Waals surface area contributed by atoms with Crippen molar-refractivity contribution in [1.29, 1.82) is 0 Å². The second-order valence-corrected chi connectivity index (χ2v) is 7.31. The quantitative estimate of drug-likeness (QED) is 0.257. The number of nitrogens with one attached hydrogen (secondary N) is 2. The largest absolute Gasteiger partial charge is 0.457 e. The van der Waals surface area contributed by atoms with E-state index in [1.807, 2.05) is 13.0 Å². The summed E-state index contributed by atoms with van der Waals surface area (Å²) in [5.74, 6) is -0.577. The Morgan fingerprint density at radius 3 is 2.70 bits per heavy atom. The van der Waals surface area contributed by atoms with Crippen LogP contribution in [-0.4, -0.2) is 34.2 Å². The number of furan rings is 1. The number of carbonyl (C=O) groups is 3. The fourth-order valence-corrected chi connectivity index (χ4v) is 3.28. The summed E-state index contributed by atoms with van der Waals surface area (Å²) in [5.41, 5.74) is 1.87. The number of imide groups is 1. The SMILES string of the molecule is Cc1cccc(NC(=O)CN2C(=O)N/C(=C/c3ccc(-c4cccc([N+](=O)[O-])c4)o3)C2=O)c1. The third-order valence-corrected chi connectivity index (χ3v) is 4.82. The highest BCUT2D eigenvalue weighted by Gasteiger charge is 2.35. The minimum Gasteiger partial charge on any atom is -0.457 e. The molecule has 2 aromatic carbocycles. The van der Waals surface area contributed by atoms with E-state index in [4.69, 9.17) is 4.42 Å². The summed E-state index contributed by atoms with van der Waals surface area (Å²) in [7, 11) is 0. The van der Waals surface area contributed by atoms with Crippen molar-refractivity contribution in [2.24, 2.45) is 0 Å². The molecule has 0 atom stereocenters. The van der Waals surface area contributed by atoms with Crippen molar-refractivity contribution in [3.63, 3.8) is 0 Å². The standard InChI is InChI=1S/C23H18N4O6/c1-14-4-2-6-16(10-14)24-21(28)13-26-22(29)19(25-23(26)30)12-18-8-9-20(33-18)15-5-3-7-17(11-15)27(31)32/h2-12H,13H2,1H3,(H,24,28)(H,25,30)/b19-12+. The van der Waals surface area contributed by atoms with E-state index in [2.05, 4.69) is 10.6 Å². The molecule has 0 aliphatic carbocycles. The Kier molecular flexibility index (Phi) is 5.73. The number of non-ortho nitro benzene ring substituents is 1. The average Bonchev–Trinajstić information content (AvgIpc) is 3.34. The number of amides is 4. The van der Waals surface area contributed by atoms with Gasteiger partial charge in [0.05, 0.1) is 4.92 Å². The minimum absolute atomic E-state index is 0.0525. The topological polar surface area (TPSA) is 135 Å². The molecule has 1 fully saturated rings. The van der Waals surface area contributed by atoms with Gasteiger partial charge in [0.15, 0.2) is 0 Å². The molecule has 0 radical (unpaired) electrons. The molecule has 0 unspecified atom stereocenters. The zero-order valence-electron chi connectivity index (χ0n) is 17.4. The van der Waals surface area contributed by atoms with E-state index in [0.29, 0.717) is 17.0 Å². The Morgan fingerprint density at radius 1 is 1.15 bits per heavy atom. The summed E-state index contributed by atoms with van der Waals surface area (Å²) in [6, 6.07) is 15.5. The first-order chi connectivity index (χ1) is 15.8. The van der Waals surface area contributed by atoms with Crippen molar-refractivity contribution in [3.8, 4) is 11.3 Å². The molecular formula is C23H18N4O6. The van der Waals surface area contributed by atoms with Gasteiger partial charge in [-0.05, 0) is 36.8 Å². The van der Waals surface area contributed by atoms with Crippen molar-refractivity contribution in [1.82, 2.24) is 10.2 Å². The van der Waals surface area contributed by atoms with Crippen LogP contribution in [0.4, 0.5) is 16.2 Å². The Bertz CT molecular complexity index is 1310. The zero-order valence-corrected chi connectivity index (χ0v) is 17.4. The fraction of sp³-hybridized carbons (Fsp3) is 0.0870. The van der Waals surface area contributed by atoms with Crippen molar-refractivity contribution < 1.29 is 23.7 Å². The average molecular weight is 446 g/mol. The van der Waals surface area contributed by atoms with Gasteiger partial charge >= 0.3 is 6.03 Å². The molecule has 0 spiro atoms. The molecule has 10 heteroatoms. The van der Waals surface area contributed by atoms with Gasteiger partial charge in [-0.25, -0.2) is 9.69 Å². The molecule has 2 N–H and O–H groups in total. The van der Waals surface area contributed by atoms with Gasteiger partial charge in [-0.3, -0.25) is 19.7 Å². The number of aryl methyl sites for hydroxylation is 1. The number of carbonyl (C=O) groups excluding carboxylic acids is 3. The predicted octanol–water partition coefficient (Wildman–Crippen LogP) is 3.69. The Balaban J connectivity index is 1.46. The van der Waals surface area contributed by atoms with Crippen LogP contribution in [0, 0.1) is 17.0 Å². The lowest BCUT2D eigenvalue weighted by atomic mass is 10.1. The van der Waals surface area contributed by atoms with E-state index in [9.17, 15) is 24.5 Å². The van der Waals surface area contributed by atoms with Gasteiger partial charge in [0.25, 0.3) is 11.6 Å². The van der Waals surface area contributed by atoms with E-state index < -0.39 is 29.3 Å². The molecule has 1 aliphatic rings. The maximum Gasteiger partial charge on any atom is 0.329 e. The lowest BCUT2D eigenvalue weighted by Crippen LogP contribution is -2.38. The summed E-state index contributed by atoms with van der Waals surface area (Å²) in [6.45, 7) is 1.43. The summed E-state index contributed by atoms with van der Waals surface area (Å²) < 4.78 is 5.66. The smallest absolute Gasteiger partial charge is 0.329 e. The van der Waals surface area contributed by atoms with E-state index in [-0.39, 0.29) is 17.1 Å². The van der Waals surface area contributed by atoms with Crippen LogP contribution in [0.2, 0.25) is 0 Å². The highest BCUT2D eigenvalue weighted by molar-refractivity contribution is 6.15. The molecule has 33 heavy (non-hydrogen) atoms. The first-order valence-corrected chi connectivity index (χ1v) is 9.86. The molecule has 3 aromatic rings. The van der Waals surface area contributed by atoms with Gasteiger partial charge in [-0.2, -0.15) is 0 Å². The lowest BCUT2D eigenvalue weighted by molar-refractivity contribution is -0.384. The van der Waals surface area contributed by atoms with E-state index in [0.717, 1.165) is 10.5 Å². The first-order valence-electron chi connectivity index (χ1n) is 9.86. The molecule has 10 nitrogen and oxygen atoms in total. The van der Waals surface area contributed by atoms with Crippen LogP contribution >= 0.6 is 0 Å². The molecular weight excluding hydrogens is 428 g/mol. The van der Waals surface area contributed by atoms with Gasteiger partial charge in [-0.15, -0.1) is 0 Å². The van der Waals surface area contributed by atoms with Crippen LogP contribution < -0.4 is 10.6 Å². The molecule has 4 amide bonds. The monoisotopic (exact) mass is 446 g/mol. The second kappa shape index (κ2) is 8.79. The summed E-state index contributed by atoms with van der Waals surface area (Å²) in [6.07, 6.45) is 1.33. The number of nitro benzene ring substituents is 1. The molecule has 4 rings (SSSR count). The molecule has 1 aliphatic heterocycles. The number of rotatable bonds is 6. The van der Waals surface area contributed by atoms with Crippen molar-refractivity contribution in [3.05, 3.63) is 87.8 Å².